The van der Waals surface area contributed by atoms with Crippen LogP contribution < -0.4 is 0 Å². The molecule has 0 saturated carbocycles. The number of furan rings is 1. The summed E-state index contributed by atoms with van der Waals surface area (Å²) in [4.78, 5) is 32.5. The second-order valence-corrected chi connectivity index (χ2v) is 6.59. The Morgan fingerprint density at radius 2 is 1.71 bits per heavy atom. The molecule has 7 nitrogen and oxygen atoms in total. The Kier molecular flexibility index (Phi) is 6.16. The number of hydrogen-bond acceptors (Lipinski definition) is 7. The lowest BCUT2D eigenvalue weighted by Crippen LogP contribution is -2.56. The molecule has 1 aromatic carbocycles. The van der Waals surface area contributed by atoms with E-state index in [9.17, 15) is 9.59 Å². The van der Waals surface area contributed by atoms with Crippen molar-refractivity contribution >= 4 is 11.9 Å². The van der Waals surface area contributed by atoms with Crippen LogP contribution in [0.25, 0.3) is 0 Å². The normalized spacial score (nSPS) is 21.8. The van der Waals surface area contributed by atoms with E-state index in [1.54, 1.807) is 33.0 Å². The predicted octanol–water partition coefficient (Wildman–Crippen LogP) is 3.44. The highest BCUT2D eigenvalue weighted by molar-refractivity contribution is 6.01. The summed E-state index contributed by atoms with van der Waals surface area (Å²) in [5.74, 6) is -0.869. The summed E-state index contributed by atoms with van der Waals surface area (Å²) in [6.45, 7) is 3.70. The maximum Gasteiger partial charge on any atom is 0.325 e. The molecule has 0 amide bonds. The van der Waals surface area contributed by atoms with Gasteiger partial charge in [-0.1, -0.05) is 30.3 Å². The number of carbonyl (C=O) groups excluding carboxylic acids is 2. The van der Waals surface area contributed by atoms with Crippen LogP contribution in [0.3, 0.4) is 0 Å². The Balaban J connectivity index is 2.13. The Hall–Kier alpha value is -2.64. The van der Waals surface area contributed by atoms with Crippen molar-refractivity contribution in [2.24, 2.45) is 5.41 Å². The van der Waals surface area contributed by atoms with Crippen molar-refractivity contribution in [3.63, 3.8) is 0 Å². The molecule has 1 aromatic heterocycles. The fourth-order valence-electron chi connectivity index (χ4n) is 3.72. The van der Waals surface area contributed by atoms with Crippen molar-refractivity contribution in [1.82, 2.24) is 5.06 Å². The summed E-state index contributed by atoms with van der Waals surface area (Å²) in [6.07, 6.45) is 1.05. The smallest absolute Gasteiger partial charge is 0.325 e. The summed E-state index contributed by atoms with van der Waals surface area (Å²) in [6, 6.07) is 12.0. The average Bonchev–Trinajstić information content (AvgIpc) is 3.22. The molecule has 2 atom stereocenters. The second-order valence-electron chi connectivity index (χ2n) is 6.59. The Labute approximate surface area is 164 Å². The van der Waals surface area contributed by atoms with Crippen LogP contribution in [-0.2, 0) is 23.9 Å². The molecule has 7 heteroatoms. The molecule has 1 aliphatic rings. The molecular weight excluding hydrogens is 362 g/mol. The molecule has 150 valence electrons. The van der Waals surface area contributed by atoms with Crippen molar-refractivity contribution < 1.29 is 28.3 Å². The van der Waals surface area contributed by atoms with Crippen LogP contribution in [0.15, 0.2) is 53.1 Å². The van der Waals surface area contributed by atoms with Crippen molar-refractivity contribution in [3.8, 4) is 0 Å². The van der Waals surface area contributed by atoms with Gasteiger partial charge in [0.05, 0.1) is 19.5 Å². The first-order valence-electron chi connectivity index (χ1n) is 9.37. The Morgan fingerprint density at radius 3 is 2.25 bits per heavy atom. The highest BCUT2D eigenvalue weighted by Gasteiger charge is 2.62. The zero-order chi connectivity index (χ0) is 20.1. The van der Waals surface area contributed by atoms with E-state index < -0.39 is 29.5 Å². The lowest BCUT2D eigenvalue weighted by molar-refractivity contribution is -0.281. The summed E-state index contributed by atoms with van der Waals surface area (Å²) in [7, 11) is 1.68. The minimum absolute atomic E-state index is 0.0738. The number of ether oxygens (including phenoxy) is 2. The fourth-order valence-corrected chi connectivity index (χ4v) is 3.72. The molecule has 2 heterocycles. The molecule has 28 heavy (non-hydrogen) atoms. The predicted molar refractivity (Wildman–Crippen MR) is 99.8 cm³/mol. The molecule has 0 radical (unpaired) electrons. The van der Waals surface area contributed by atoms with Crippen molar-refractivity contribution in [2.75, 3.05) is 20.3 Å². The van der Waals surface area contributed by atoms with Crippen LogP contribution in [0.4, 0.5) is 0 Å². The van der Waals surface area contributed by atoms with E-state index in [4.69, 9.17) is 18.7 Å². The van der Waals surface area contributed by atoms with Crippen LogP contribution in [0.5, 0.6) is 0 Å². The highest BCUT2D eigenvalue weighted by Crippen LogP contribution is 2.52. The first kappa shape index (κ1) is 20.1. The molecule has 0 unspecified atom stereocenters. The standard InChI is InChI=1S/C21H25NO6/c1-4-25-19(23)21(20(24)26-5-2)14-17(15-10-7-6-8-11-15)28-22(3)18(21)16-12-9-13-27-16/h6-13,17-18H,4-5,14H2,1-3H3/t17-,18-/m1/s1. The Bertz CT molecular complexity index is 770. The largest absolute Gasteiger partial charge is 0.468 e. The first-order valence-corrected chi connectivity index (χ1v) is 9.37. The molecule has 2 aromatic rings. The van der Waals surface area contributed by atoms with Gasteiger partial charge in [0, 0.05) is 13.5 Å². The summed E-state index contributed by atoms with van der Waals surface area (Å²) < 4.78 is 16.3. The molecule has 0 aliphatic carbocycles. The first-order chi connectivity index (χ1) is 13.5. The molecule has 0 N–H and O–H groups in total. The van der Waals surface area contributed by atoms with Gasteiger partial charge >= 0.3 is 11.9 Å². The van der Waals surface area contributed by atoms with Gasteiger partial charge in [-0.3, -0.25) is 14.4 Å². The van der Waals surface area contributed by atoms with E-state index >= 15 is 0 Å². The van der Waals surface area contributed by atoms with Crippen LogP contribution in [-0.4, -0.2) is 37.3 Å². The third-order valence-corrected chi connectivity index (χ3v) is 4.89. The number of benzene rings is 1. The maximum absolute atomic E-state index is 13.2. The second kappa shape index (κ2) is 8.58. The van der Waals surface area contributed by atoms with Crippen LogP contribution in [0.1, 0.15) is 43.7 Å². The molecule has 0 spiro atoms. The molecule has 1 saturated heterocycles. The van der Waals surface area contributed by atoms with Crippen LogP contribution in [0.2, 0.25) is 0 Å². The molecule has 0 bridgehead atoms. The number of esters is 2. The van der Waals surface area contributed by atoms with Crippen molar-refractivity contribution in [1.29, 1.82) is 0 Å². The van der Waals surface area contributed by atoms with E-state index in [2.05, 4.69) is 0 Å². The van der Waals surface area contributed by atoms with E-state index in [1.807, 2.05) is 30.3 Å². The van der Waals surface area contributed by atoms with Gasteiger partial charge in [0.2, 0.25) is 0 Å². The van der Waals surface area contributed by atoms with Gasteiger partial charge in [-0.15, -0.1) is 0 Å². The fraction of sp³-hybridized carbons (Fsp3) is 0.429. The van der Waals surface area contributed by atoms with Crippen molar-refractivity contribution in [2.45, 2.75) is 32.4 Å². The SMILES string of the molecule is CCOC(=O)C1(C(=O)OCC)C[C@H](c2ccccc2)ON(C)[C@@H]1c1ccco1. The van der Waals surface area contributed by atoms with E-state index in [-0.39, 0.29) is 19.6 Å². The number of carbonyl (C=O) groups is 2. The van der Waals surface area contributed by atoms with Gasteiger partial charge in [-0.2, -0.15) is 5.06 Å². The third-order valence-electron chi connectivity index (χ3n) is 4.89. The zero-order valence-corrected chi connectivity index (χ0v) is 16.3. The van der Waals surface area contributed by atoms with Gasteiger partial charge in [0.15, 0.2) is 5.41 Å². The minimum atomic E-state index is -1.63. The molecule has 1 aliphatic heterocycles. The van der Waals surface area contributed by atoms with Gasteiger partial charge < -0.3 is 13.9 Å². The van der Waals surface area contributed by atoms with E-state index in [0.717, 1.165) is 5.56 Å². The summed E-state index contributed by atoms with van der Waals surface area (Å²) in [5.41, 5.74) is -0.776. The quantitative estimate of drug-likeness (QED) is 0.555. The van der Waals surface area contributed by atoms with Crippen LogP contribution in [0, 0.1) is 5.41 Å². The number of rotatable bonds is 6. The summed E-state index contributed by atoms with van der Waals surface area (Å²) in [5, 5.41) is 1.49. The Morgan fingerprint density at radius 1 is 1.07 bits per heavy atom. The average molecular weight is 387 g/mol. The van der Waals surface area contributed by atoms with Gasteiger partial charge in [-0.25, -0.2) is 0 Å². The highest BCUT2D eigenvalue weighted by atomic mass is 16.7. The third kappa shape index (κ3) is 3.55. The summed E-state index contributed by atoms with van der Waals surface area (Å²) >= 11 is 0. The van der Waals surface area contributed by atoms with E-state index in [1.165, 1.54) is 11.3 Å². The maximum atomic E-state index is 13.2. The lowest BCUT2D eigenvalue weighted by atomic mass is 9.72. The van der Waals surface area contributed by atoms with E-state index in [0.29, 0.717) is 5.76 Å². The van der Waals surface area contributed by atoms with Gasteiger partial charge in [0.25, 0.3) is 0 Å². The minimum Gasteiger partial charge on any atom is -0.468 e. The zero-order valence-electron chi connectivity index (χ0n) is 16.3. The molecule has 1 fully saturated rings. The monoisotopic (exact) mass is 387 g/mol. The van der Waals surface area contributed by atoms with Crippen LogP contribution >= 0.6 is 0 Å². The molecule has 3 rings (SSSR count). The number of nitrogens with zero attached hydrogens (tertiary/aromatic N) is 1. The van der Waals surface area contributed by atoms with Gasteiger partial charge in [0.1, 0.15) is 17.9 Å². The number of hydrogen-bond donors (Lipinski definition) is 0. The van der Waals surface area contributed by atoms with Crippen molar-refractivity contribution in [3.05, 3.63) is 60.1 Å². The lowest BCUT2D eigenvalue weighted by Gasteiger charge is -2.46. The molecular formula is C21H25NO6. The number of hydroxylamine groups is 2. The van der Waals surface area contributed by atoms with Gasteiger partial charge in [-0.05, 0) is 31.5 Å². The topological polar surface area (TPSA) is 78.2 Å².